The summed E-state index contributed by atoms with van der Waals surface area (Å²) in [5.74, 6) is -0.697. The minimum atomic E-state index is -0.493. The number of urea groups is 1. The third-order valence-corrected chi connectivity index (χ3v) is 4.92. The number of hydrogen-bond donors (Lipinski definition) is 2. The fourth-order valence-corrected chi connectivity index (χ4v) is 3.49. The van der Waals surface area contributed by atoms with Gasteiger partial charge in [-0.25, -0.2) is 14.2 Å². The van der Waals surface area contributed by atoms with Crippen molar-refractivity contribution < 1.29 is 14.0 Å². The van der Waals surface area contributed by atoms with Crippen LogP contribution in [-0.2, 0) is 0 Å². The van der Waals surface area contributed by atoms with Gasteiger partial charge in [-0.2, -0.15) is 0 Å². The summed E-state index contributed by atoms with van der Waals surface area (Å²) in [5, 5.41) is 3.53. The van der Waals surface area contributed by atoms with Crippen molar-refractivity contribution in [2.45, 2.75) is 12.5 Å². The van der Waals surface area contributed by atoms with E-state index in [-0.39, 0.29) is 11.9 Å². The maximum Gasteiger partial charge on any atom is 0.314 e. The van der Waals surface area contributed by atoms with Gasteiger partial charge in [-0.1, -0.05) is 30.3 Å². The van der Waals surface area contributed by atoms with Crippen LogP contribution in [0.5, 0.6) is 0 Å². The molecule has 1 saturated heterocycles. The summed E-state index contributed by atoms with van der Waals surface area (Å²) >= 11 is 0. The Hall–Kier alpha value is -3.48. The summed E-state index contributed by atoms with van der Waals surface area (Å²) in [6.07, 6.45) is 0.637. The quantitative estimate of drug-likeness (QED) is 0.734. The third-order valence-electron chi connectivity index (χ3n) is 4.92. The molecule has 1 unspecified atom stereocenters. The highest BCUT2D eigenvalue weighted by molar-refractivity contribution is 6.07. The predicted octanol–water partition coefficient (Wildman–Crippen LogP) is 2.92. The number of amides is 3. The minimum Gasteiger partial charge on any atom is -0.351 e. The van der Waals surface area contributed by atoms with Gasteiger partial charge in [0.1, 0.15) is 5.82 Å². The molecule has 0 bridgehead atoms. The van der Waals surface area contributed by atoms with E-state index in [1.54, 1.807) is 12.1 Å². The summed E-state index contributed by atoms with van der Waals surface area (Å²) in [6, 6.07) is 14.7. The van der Waals surface area contributed by atoms with Crippen molar-refractivity contribution >= 4 is 22.8 Å². The Labute approximate surface area is 161 Å². The Morgan fingerprint density at radius 3 is 2.64 bits per heavy atom. The fraction of sp³-hybridized carbons (Fsp3) is 0.190. The van der Waals surface area contributed by atoms with Gasteiger partial charge in [0.15, 0.2) is 0 Å². The largest absolute Gasteiger partial charge is 0.351 e. The average molecular weight is 378 g/mol. The van der Waals surface area contributed by atoms with Crippen molar-refractivity contribution in [2.75, 3.05) is 13.1 Å². The van der Waals surface area contributed by atoms with E-state index in [0.29, 0.717) is 41.7 Å². The van der Waals surface area contributed by atoms with Gasteiger partial charge < -0.3 is 16.0 Å². The number of carbonyl (C=O) groups is 2. The number of aromatic nitrogens is 1. The SMILES string of the molecule is NC(=O)N1CCC(NC(=O)c2cc(-c3ccccc3)nc3cc(F)ccc23)C1. The zero-order chi connectivity index (χ0) is 19.7. The van der Waals surface area contributed by atoms with Gasteiger partial charge in [0.2, 0.25) is 0 Å². The second-order valence-electron chi connectivity index (χ2n) is 6.83. The molecule has 0 radical (unpaired) electrons. The number of carbonyl (C=O) groups excluding carboxylic acids is 2. The van der Waals surface area contributed by atoms with Crippen LogP contribution in [0, 0.1) is 5.82 Å². The molecule has 1 aromatic heterocycles. The van der Waals surface area contributed by atoms with E-state index >= 15 is 0 Å². The number of fused-ring (bicyclic) bond motifs is 1. The number of rotatable bonds is 3. The van der Waals surface area contributed by atoms with Gasteiger partial charge in [-0.05, 0) is 24.6 Å². The van der Waals surface area contributed by atoms with Gasteiger partial charge in [0.25, 0.3) is 5.91 Å². The van der Waals surface area contributed by atoms with Crippen LogP contribution < -0.4 is 11.1 Å². The molecule has 2 aromatic carbocycles. The predicted molar refractivity (Wildman–Crippen MR) is 104 cm³/mol. The van der Waals surface area contributed by atoms with E-state index in [9.17, 15) is 14.0 Å². The molecule has 142 valence electrons. The molecule has 0 spiro atoms. The lowest BCUT2D eigenvalue weighted by Crippen LogP contribution is -2.40. The van der Waals surface area contributed by atoms with Crippen molar-refractivity contribution in [3.8, 4) is 11.3 Å². The first-order valence-corrected chi connectivity index (χ1v) is 9.02. The Morgan fingerprint density at radius 2 is 1.93 bits per heavy atom. The van der Waals surface area contributed by atoms with Crippen LogP contribution in [0.4, 0.5) is 9.18 Å². The lowest BCUT2D eigenvalue weighted by molar-refractivity contribution is 0.0939. The Bertz CT molecular complexity index is 1050. The highest BCUT2D eigenvalue weighted by Crippen LogP contribution is 2.26. The topological polar surface area (TPSA) is 88.3 Å². The van der Waals surface area contributed by atoms with Crippen LogP contribution in [-0.4, -0.2) is 41.0 Å². The Kier molecular flexibility index (Phi) is 4.65. The smallest absolute Gasteiger partial charge is 0.314 e. The van der Waals surface area contributed by atoms with Crippen molar-refractivity contribution in [1.29, 1.82) is 0 Å². The van der Waals surface area contributed by atoms with E-state index in [1.165, 1.54) is 17.0 Å². The number of benzene rings is 2. The Balaban J connectivity index is 1.71. The molecule has 1 aliphatic heterocycles. The van der Waals surface area contributed by atoms with Crippen LogP contribution >= 0.6 is 0 Å². The maximum atomic E-state index is 13.8. The van der Waals surface area contributed by atoms with Crippen LogP contribution in [0.25, 0.3) is 22.2 Å². The second-order valence-corrected chi connectivity index (χ2v) is 6.83. The number of nitrogens with one attached hydrogen (secondary N) is 1. The van der Waals surface area contributed by atoms with E-state index < -0.39 is 11.8 Å². The molecule has 6 nitrogen and oxygen atoms in total. The highest BCUT2D eigenvalue weighted by Gasteiger charge is 2.27. The monoisotopic (exact) mass is 378 g/mol. The zero-order valence-corrected chi connectivity index (χ0v) is 15.1. The molecule has 4 rings (SSSR count). The lowest BCUT2D eigenvalue weighted by Gasteiger charge is -2.16. The molecule has 1 fully saturated rings. The normalized spacial score (nSPS) is 16.3. The number of hydrogen-bond acceptors (Lipinski definition) is 3. The molecule has 3 aromatic rings. The molecule has 3 N–H and O–H groups in total. The molecule has 1 aliphatic rings. The summed E-state index contributed by atoms with van der Waals surface area (Å²) < 4.78 is 13.8. The van der Waals surface area contributed by atoms with Crippen molar-refractivity contribution in [1.82, 2.24) is 15.2 Å². The number of halogens is 1. The summed E-state index contributed by atoms with van der Waals surface area (Å²) in [6.45, 7) is 0.891. The average Bonchev–Trinajstić information content (AvgIpc) is 3.16. The number of nitrogens with zero attached hydrogens (tertiary/aromatic N) is 2. The van der Waals surface area contributed by atoms with E-state index in [4.69, 9.17) is 5.73 Å². The van der Waals surface area contributed by atoms with Gasteiger partial charge in [-0.15, -0.1) is 0 Å². The zero-order valence-electron chi connectivity index (χ0n) is 15.1. The molecule has 7 heteroatoms. The van der Waals surface area contributed by atoms with Crippen LogP contribution in [0.2, 0.25) is 0 Å². The van der Waals surface area contributed by atoms with Crippen molar-refractivity contribution in [2.24, 2.45) is 5.73 Å². The van der Waals surface area contributed by atoms with Gasteiger partial charge >= 0.3 is 6.03 Å². The van der Waals surface area contributed by atoms with E-state index in [2.05, 4.69) is 10.3 Å². The molecule has 0 aliphatic carbocycles. The molecule has 3 amide bonds. The van der Waals surface area contributed by atoms with E-state index in [0.717, 1.165) is 5.56 Å². The number of primary amides is 1. The van der Waals surface area contributed by atoms with Gasteiger partial charge in [0, 0.05) is 36.1 Å². The molecule has 1 atom stereocenters. The molecular formula is C21H19FN4O2. The van der Waals surface area contributed by atoms with Crippen LogP contribution in [0.3, 0.4) is 0 Å². The number of pyridine rings is 1. The summed E-state index contributed by atoms with van der Waals surface area (Å²) in [5.41, 5.74) is 7.57. The lowest BCUT2D eigenvalue weighted by atomic mass is 10.0. The third kappa shape index (κ3) is 3.51. The molecule has 28 heavy (non-hydrogen) atoms. The highest BCUT2D eigenvalue weighted by atomic mass is 19.1. The molecule has 0 saturated carbocycles. The van der Waals surface area contributed by atoms with Crippen LogP contribution in [0.1, 0.15) is 16.8 Å². The Morgan fingerprint density at radius 1 is 1.14 bits per heavy atom. The second kappa shape index (κ2) is 7.26. The minimum absolute atomic E-state index is 0.177. The standard InChI is InChI=1S/C21H19FN4O2/c22-14-6-7-16-17(20(27)24-15-8-9-26(12-15)21(23)28)11-18(25-19(16)10-14)13-4-2-1-3-5-13/h1-7,10-11,15H,8-9,12H2,(H2,23,28)(H,24,27). The maximum absolute atomic E-state index is 13.8. The van der Waals surface area contributed by atoms with Crippen molar-refractivity contribution in [3.63, 3.8) is 0 Å². The fourth-order valence-electron chi connectivity index (χ4n) is 3.49. The first kappa shape index (κ1) is 17.9. The molecular weight excluding hydrogens is 359 g/mol. The first-order valence-electron chi connectivity index (χ1n) is 9.02. The summed E-state index contributed by atoms with van der Waals surface area (Å²) in [4.78, 5) is 30.3. The number of likely N-dealkylation sites (tertiary alicyclic amines) is 1. The first-order chi connectivity index (χ1) is 13.5. The van der Waals surface area contributed by atoms with E-state index in [1.807, 2.05) is 30.3 Å². The van der Waals surface area contributed by atoms with Crippen LogP contribution in [0.15, 0.2) is 54.6 Å². The summed E-state index contributed by atoms with van der Waals surface area (Å²) in [7, 11) is 0. The van der Waals surface area contributed by atoms with Gasteiger partial charge in [-0.3, -0.25) is 4.79 Å². The molecule has 2 heterocycles. The number of nitrogens with two attached hydrogens (primary N) is 1. The van der Waals surface area contributed by atoms with Gasteiger partial charge in [0.05, 0.1) is 16.8 Å². The van der Waals surface area contributed by atoms with Crippen molar-refractivity contribution in [3.05, 3.63) is 66.0 Å².